The predicted molar refractivity (Wildman–Crippen MR) is 47.3 cm³/mol. The number of amides is 1. The Bertz CT molecular complexity index is 135. The van der Waals surface area contributed by atoms with Crippen molar-refractivity contribution in [1.82, 2.24) is 5.01 Å². The molecule has 0 aliphatic heterocycles. The third-order valence-electron chi connectivity index (χ3n) is 1.38. The molecule has 0 aliphatic carbocycles. The van der Waals surface area contributed by atoms with Gasteiger partial charge < -0.3 is 4.74 Å². The molecule has 0 aromatic heterocycles. The minimum absolute atomic E-state index is 0.0534. The van der Waals surface area contributed by atoms with E-state index in [4.69, 9.17) is 10.6 Å². The molecule has 0 bridgehead atoms. The molecular formula is C8H18N2O2. The Hall–Kier alpha value is -0.610. The number of hydrogen-bond donors (Lipinski definition) is 1. The first kappa shape index (κ1) is 11.4. The highest BCUT2D eigenvalue weighted by Crippen LogP contribution is 1.95. The number of nitrogens with zero attached hydrogens (tertiary/aromatic N) is 1. The van der Waals surface area contributed by atoms with E-state index in [1.165, 1.54) is 0 Å². The van der Waals surface area contributed by atoms with Gasteiger partial charge in [0.15, 0.2) is 0 Å². The Balaban J connectivity index is 3.26. The number of hydrazine groups is 1. The molecule has 0 spiro atoms. The van der Waals surface area contributed by atoms with Crippen molar-refractivity contribution >= 4 is 5.91 Å². The van der Waals surface area contributed by atoms with Gasteiger partial charge in [0.05, 0.1) is 6.10 Å². The minimum Gasteiger partial charge on any atom is -0.379 e. The smallest absolute Gasteiger partial charge is 0.236 e. The Labute approximate surface area is 73.6 Å². The van der Waals surface area contributed by atoms with Gasteiger partial charge in [-0.2, -0.15) is 0 Å². The highest BCUT2D eigenvalue weighted by Gasteiger charge is 2.03. The number of carbonyl (C=O) groups excluding carboxylic acids is 1. The van der Waals surface area contributed by atoms with Crippen molar-refractivity contribution in [2.24, 2.45) is 5.84 Å². The molecule has 72 valence electrons. The molecule has 0 atom stereocenters. The maximum Gasteiger partial charge on any atom is 0.236 e. The summed E-state index contributed by atoms with van der Waals surface area (Å²) in [5.74, 6) is 5.17. The number of ether oxygens (including phenoxy) is 1. The summed E-state index contributed by atoms with van der Waals surface area (Å²) in [6.07, 6.45) is 1.42. The fourth-order valence-corrected chi connectivity index (χ4v) is 0.719. The van der Waals surface area contributed by atoms with E-state index in [9.17, 15) is 4.79 Å². The predicted octanol–water partition coefficient (Wildman–Crippen LogP) is 0.524. The maximum absolute atomic E-state index is 10.9. The minimum atomic E-state index is -0.0534. The van der Waals surface area contributed by atoms with Crippen LogP contribution in [-0.2, 0) is 9.53 Å². The summed E-state index contributed by atoms with van der Waals surface area (Å²) < 4.78 is 5.26. The van der Waals surface area contributed by atoms with Gasteiger partial charge in [0, 0.05) is 20.1 Å². The lowest BCUT2D eigenvalue weighted by Gasteiger charge is -2.10. The molecule has 0 saturated heterocycles. The van der Waals surface area contributed by atoms with Crippen molar-refractivity contribution in [1.29, 1.82) is 0 Å². The molecule has 0 aromatic rings. The van der Waals surface area contributed by atoms with Gasteiger partial charge in [0.25, 0.3) is 0 Å². The molecule has 4 nitrogen and oxygen atoms in total. The van der Waals surface area contributed by atoms with Gasteiger partial charge in [0.1, 0.15) is 0 Å². The standard InChI is InChI=1S/C8H18N2O2/c1-7(2)12-6-4-5-8(11)10(3)9/h7H,4-6,9H2,1-3H3. The molecule has 0 saturated carbocycles. The summed E-state index contributed by atoms with van der Waals surface area (Å²) in [6, 6.07) is 0. The first-order valence-electron chi connectivity index (χ1n) is 4.17. The summed E-state index contributed by atoms with van der Waals surface area (Å²) in [6.45, 7) is 4.56. The lowest BCUT2D eigenvalue weighted by atomic mass is 10.3. The Morgan fingerprint density at radius 2 is 2.17 bits per heavy atom. The average molecular weight is 174 g/mol. The number of rotatable bonds is 5. The first-order valence-corrected chi connectivity index (χ1v) is 4.17. The summed E-state index contributed by atoms with van der Waals surface area (Å²) in [7, 11) is 1.55. The van der Waals surface area contributed by atoms with Gasteiger partial charge in [0.2, 0.25) is 5.91 Å². The second kappa shape index (κ2) is 5.97. The van der Waals surface area contributed by atoms with Gasteiger partial charge >= 0.3 is 0 Å². The fourth-order valence-electron chi connectivity index (χ4n) is 0.719. The molecule has 0 rings (SSSR count). The molecule has 0 unspecified atom stereocenters. The van der Waals surface area contributed by atoms with Gasteiger partial charge in [-0.25, -0.2) is 5.84 Å². The van der Waals surface area contributed by atoms with Crippen LogP contribution in [-0.4, -0.2) is 30.7 Å². The zero-order valence-corrected chi connectivity index (χ0v) is 8.04. The van der Waals surface area contributed by atoms with Gasteiger partial charge in [-0.15, -0.1) is 0 Å². The van der Waals surface area contributed by atoms with Crippen LogP contribution in [0.3, 0.4) is 0 Å². The van der Waals surface area contributed by atoms with Crippen LogP contribution in [0.5, 0.6) is 0 Å². The second-order valence-corrected chi connectivity index (χ2v) is 3.03. The van der Waals surface area contributed by atoms with Crippen molar-refractivity contribution in [2.75, 3.05) is 13.7 Å². The maximum atomic E-state index is 10.9. The first-order chi connectivity index (χ1) is 5.54. The summed E-state index contributed by atoms with van der Waals surface area (Å²) in [4.78, 5) is 10.9. The Morgan fingerprint density at radius 1 is 1.58 bits per heavy atom. The van der Waals surface area contributed by atoms with Gasteiger partial charge in [-0.3, -0.25) is 9.80 Å². The van der Waals surface area contributed by atoms with Crippen LogP contribution in [0.2, 0.25) is 0 Å². The highest BCUT2D eigenvalue weighted by atomic mass is 16.5. The largest absolute Gasteiger partial charge is 0.379 e. The lowest BCUT2D eigenvalue weighted by molar-refractivity contribution is -0.130. The molecule has 0 aliphatic rings. The monoisotopic (exact) mass is 174 g/mol. The van der Waals surface area contributed by atoms with Gasteiger partial charge in [-0.05, 0) is 20.3 Å². The zero-order chi connectivity index (χ0) is 9.56. The van der Waals surface area contributed by atoms with Crippen molar-refractivity contribution in [2.45, 2.75) is 32.8 Å². The van der Waals surface area contributed by atoms with E-state index >= 15 is 0 Å². The number of nitrogens with two attached hydrogens (primary N) is 1. The van der Waals surface area contributed by atoms with E-state index in [1.54, 1.807) is 7.05 Å². The molecule has 4 heteroatoms. The van der Waals surface area contributed by atoms with Crippen LogP contribution in [0, 0.1) is 0 Å². The van der Waals surface area contributed by atoms with Crippen molar-refractivity contribution in [3.05, 3.63) is 0 Å². The second-order valence-electron chi connectivity index (χ2n) is 3.03. The van der Waals surface area contributed by atoms with Crippen LogP contribution in [0.1, 0.15) is 26.7 Å². The Kier molecular flexibility index (Phi) is 5.66. The van der Waals surface area contributed by atoms with E-state index in [0.29, 0.717) is 13.0 Å². The molecule has 0 fully saturated rings. The molecule has 0 heterocycles. The van der Waals surface area contributed by atoms with Gasteiger partial charge in [-0.1, -0.05) is 0 Å². The molecule has 0 aromatic carbocycles. The molecule has 1 amide bonds. The molecule has 2 N–H and O–H groups in total. The average Bonchev–Trinajstić information content (AvgIpc) is 1.97. The van der Waals surface area contributed by atoms with E-state index < -0.39 is 0 Å². The SMILES string of the molecule is CC(C)OCCCC(=O)N(C)N. The lowest BCUT2D eigenvalue weighted by Crippen LogP contribution is -2.33. The molecule has 12 heavy (non-hydrogen) atoms. The third kappa shape index (κ3) is 6.12. The fraction of sp³-hybridized carbons (Fsp3) is 0.875. The molecular weight excluding hydrogens is 156 g/mol. The van der Waals surface area contributed by atoms with Crippen molar-refractivity contribution in [3.63, 3.8) is 0 Å². The summed E-state index contributed by atoms with van der Waals surface area (Å²) in [5, 5.41) is 1.11. The summed E-state index contributed by atoms with van der Waals surface area (Å²) >= 11 is 0. The quantitative estimate of drug-likeness (QED) is 0.286. The van der Waals surface area contributed by atoms with Crippen molar-refractivity contribution < 1.29 is 9.53 Å². The van der Waals surface area contributed by atoms with Crippen LogP contribution in [0.15, 0.2) is 0 Å². The van der Waals surface area contributed by atoms with Crippen molar-refractivity contribution in [3.8, 4) is 0 Å². The zero-order valence-electron chi connectivity index (χ0n) is 8.04. The van der Waals surface area contributed by atoms with E-state index in [0.717, 1.165) is 11.4 Å². The Morgan fingerprint density at radius 3 is 2.58 bits per heavy atom. The van der Waals surface area contributed by atoms with Crippen LogP contribution >= 0.6 is 0 Å². The van der Waals surface area contributed by atoms with E-state index in [1.807, 2.05) is 13.8 Å². The third-order valence-corrected chi connectivity index (χ3v) is 1.38. The van der Waals surface area contributed by atoms with Crippen LogP contribution in [0.4, 0.5) is 0 Å². The normalized spacial score (nSPS) is 10.4. The summed E-state index contributed by atoms with van der Waals surface area (Å²) in [5.41, 5.74) is 0. The number of hydrogen-bond acceptors (Lipinski definition) is 3. The highest BCUT2D eigenvalue weighted by molar-refractivity contribution is 5.75. The van der Waals surface area contributed by atoms with E-state index in [2.05, 4.69) is 0 Å². The van der Waals surface area contributed by atoms with Crippen LogP contribution < -0.4 is 5.84 Å². The number of carbonyl (C=O) groups is 1. The molecule has 0 radical (unpaired) electrons. The van der Waals surface area contributed by atoms with Crippen LogP contribution in [0.25, 0.3) is 0 Å². The topological polar surface area (TPSA) is 55.6 Å². The van der Waals surface area contributed by atoms with E-state index in [-0.39, 0.29) is 12.0 Å².